The van der Waals surface area contributed by atoms with Gasteiger partial charge in [0.2, 0.25) is 5.91 Å². The van der Waals surface area contributed by atoms with Gasteiger partial charge in [-0.3, -0.25) is 4.79 Å². The van der Waals surface area contributed by atoms with Gasteiger partial charge in [-0.2, -0.15) is 0 Å². The minimum atomic E-state index is -0.984. The molecule has 0 spiro atoms. The van der Waals surface area contributed by atoms with E-state index in [0.29, 0.717) is 0 Å². The number of benzene rings is 2. The highest BCUT2D eigenvalue weighted by molar-refractivity contribution is 5.82. The lowest BCUT2D eigenvalue weighted by Crippen LogP contribution is -2.68. The van der Waals surface area contributed by atoms with Gasteiger partial charge in [-0.15, -0.1) is 0 Å². The molecule has 0 radical (unpaired) electrons. The molecule has 2 aliphatic heterocycles. The fraction of sp³-hybridized carbons (Fsp3) is 0.500. The zero-order chi connectivity index (χ0) is 20.6. The third kappa shape index (κ3) is 4.44. The minimum absolute atomic E-state index is 0.275. The second-order valence-corrected chi connectivity index (χ2v) is 8.05. The fourth-order valence-corrected chi connectivity index (χ4v) is 3.88. The van der Waals surface area contributed by atoms with Crippen molar-refractivity contribution in [1.82, 2.24) is 5.32 Å². The molecule has 156 valence electrons. The Hall–Kier alpha value is -2.03. The van der Waals surface area contributed by atoms with Crippen molar-refractivity contribution in [3.8, 4) is 0 Å². The van der Waals surface area contributed by atoms with E-state index in [1.807, 2.05) is 30.3 Å². The summed E-state index contributed by atoms with van der Waals surface area (Å²) in [6.45, 7) is 5.52. The molecule has 2 saturated heterocycles. The van der Waals surface area contributed by atoms with E-state index in [1.165, 1.54) is 6.92 Å². The van der Waals surface area contributed by atoms with Crippen molar-refractivity contribution in [3.05, 3.63) is 48.0 Å². The summed E-state index contributed by atoms with van der Waals surface area (Å²) in [6, 6.07) is 13.4. The van der Waals surface area contributed by atoms with Gasteiger partial charge in [-0.05, 0) is 36.2 Å². The van der Waals surface area contributed by atoms with Crippen molar-refractivity contribution < 1.29 is 28.8 Å². The van der Waals surface area contributed by atoms with E-state index in [9.17, 15) is 9.90 Å². The van der Waals surface area contributed by atoms with Gasteiger partial charge >= 0.3 is 0 Å². The summed E-state index contributed by atoms with van der Waals surface area (Å²) in [5.41, 5.74) is 0.975. The summed E-state index contributed by atoms with van der Waals surface area (Å²) in [5, 5.41) is 15.9. The van der Waals surface area contributed by atoms with Crippen molar-refractivity contribution in [2.75, 3.05) is 6.61 Å². The number of aliphatic hydroxyl groups excluding tert-OH is 1. The van der Waals surface area contributed by atoms with E-state index in [4.69, 9.17) is 18.9 Å². The van der Waals surface area contributed by atoms with E-state index in [-0.39, 0.29) is 19.1 Å². The van der Waals surface area contributed by atoms with Crippen LogP contribution in [0.5, 0.6) is 0 Å². The van der Waals surface area contributed by atoms with Gasteiger partial charge in [0.1, 0.15) is 24.4 Å². The quantitative estimate of drug-likeness (QED) is 0.816. The average Bonchev–Trinajstić information content (AvgIpc) is 2.68. The Kier molecular flexibility index (Phi) is 5.59. The fourth-order valence-electron chi connectivity index (χ4n) is 3.88. The van der Waals surface area contributed by atoms with Crippen molar-refractivity contribution in [3.63, 3.8) is 0 Å². The number of hydrogen-bond donors (Lipinski definition) is 2. The summed E-state index contributed by atoms with van der Waals surface area (Å²) in [5.74, 6) is -1.10. The molecule has 0 saturated carbocycles. The van der Waals surface area contributed by atoms with Gasteiger partial charge in [-0.1, -0.05) is 36.4 Å². The second kappa shape index (κ2) is 8.01. The van der Waals surface area contributed by atoms with Crippen LogP contribution in [0.4, 0.5) is 0 Å². The van der Waals surface area contributed by atoms with Crippen LogP contribution in [-0.2, 0) is 30.3 Å². The number of ether oxygens (including phenoxy) is 4. The molecular weight excluding hydrogens is 374 g/mol. The van der Waals surface area contributed by atoms with Crippen LogP contribution in [0.15, 0.2) is 42.5 Å². The second-order valence-electron chi connectivity index (χ2n) is 8.05. The summed E-state index contributed by atoms with van der Waals surface area (Å²) in [4.78, 5) is 11.7. The van der Waals surface area contributed by atoms with Crippen LogP contribution in [0.1, 0.15) is 26.3 Å². The third-order valence-corrected chi connectivity index (χ3v) is 5.29. The molecule has 2 aromatic carbocycles. The van der Waals surface area contributed by atoms with Crippen LogP contribution in [0.2, 0.25) is 0 Å². The Morgan fingerprint density at radius 3 is 2.76 bits per heavy atom. The highest BCUT2D eigenvalue weighted by atomic mass is 16.8. The molecule has 7 heteroatoms. The normalized spacial score (nSPS) is 31.2. The highest BCUT2D eigenvalue weighted by Crippen LogP contribution is 2.33. The number of hydrogen-bond acceptors (Lipinski definition) is 6. The SMILES string of the molecule is CC(=O)N[C@H]1[C@@H](OCc2ccc3ccccc3c2)O[C@@H]2COC(C)(C)O[C@H]2[C@@H]1O. The summed E-state index contributed by atoms with van der Waals surface area (Å²) in [7, 11) is 0. The lowest BCUT2D eigenvalue weighted by molar-refractivity contribution is -0.369. The van der Waals surface area contributed by atoms with E-state index < -0.39 is 36.4 Å². The first-order chi connectivity index (χ1) is 13.8. The molecule has 7 nitrogen and oxygen atoms in total. The van der Waals surface area contributed by atoms with Gasteiger partial charge in [0.15, 0.2) is 12.1 Å². The highest BCUT2D eigenvalue weighted by Gasteiger charge is 2.51. The number of rotatable bonds is 4. The molecule has 29 heavy (non-hydrogen) atoms. The van der Waals surface area contributed by atoms with Crippen molar-refractivity contribution in [2.24, 2.45) is 0 Å². The van der Waals surface area contributed by atoms with Gasteiger partial charge < -0.3 is 29.4 Å². The van der Waals surface area contributed by atoms with E-state index in [0.717, 1.165) is 16.3 Å². The molecule has 2 aliphatic rings. The molecule has 4 rings (SSSR count). The maximum absolute atomic E-state index is 11.7. The Labute approximate surface area is 169 Å². The Morgan fingerprint density at radius 1 is 1.24 bits per heavy atom. The Balaban J connectivity index is 1.50. The van der Waals surface area contributed by atoms with Crippen LogP contribution in [-0.4, -0.2) is 54.1 Å². The molecule has 0 unspecified atom stereocenters. The van der Waals surface area contributed by atoms with Crippen LogP contribution >= 0.6 is 0 Å². The van der Waals surface area contributed by atoms with E-state index in [2.05, 4.69) is 17.4 Å². The summed E-state index contributed by atoms with van der Waals surface area (Å²) in [6.07, 6.45) is -2.90. The van der Waals surface area contributed by atoms with E-state index in [1.54, 1.807) is 13.8 Å². The van der Waals surface area contributed by atoms with Crippen LogP contribution in [0, 0.1) is 0 Å². The minimum Gasteiger partial charge on any atom is -0.388 e. The van der Waals surface area contributed by atoms with Crippen LogP contribution in [0.3, 0.4) is 0 Å². The van der Waals surface area contributed by atoms with Crippen LogP contribution in [0.25, 0.3) is 10.8 Å². The topological polar surface area (TPSA) is 86.3 Å². The number of fused-ring (bicyclic) bond motifs is 2. The van der Waals surface area contributed by atoms with Crippen molar-refractivity contribution in [2.45, 2.75) is 63.8 Å². The first kappa shape index (κ1) is 20.3. The predicted molar refractivity (Wildman–Crippen MR) is 106 cm³/mol. The molecule has 0 aliphatic carbocycles. The number of amides is 1. The summed E-state index contributed by atoms with van der Waals surface area (Å²) < 4.78 is 23.5. The lowest BCUT2D eigenvalue weighted by Gasteiger charge is -2.49. The number of aliphatic hydroxyl groups is 1. The zero-order valence-electron chi connectivity index (χ0n) is 16.8. The standard InChI is InChI=1S/C22H27NO6/c1-13(24)23-18-19(25)20-17(12-27-22(2,3)29-20)28-21(18)26-11-14-8-9-15-6-4-5-7-16(15)10-14/h4-10,17-21,25H,11-12H2,1-3H3,(H,23,24)/t17-,18-,19-,20-,21+/m1/s1. The monoisotopic (exact) mass is 401 g/mol. The van der Waals surface area contributed by atoms with Gasteiger partial charge in [0, 0.05) is 6.92 Å². The van der Waals surface area contributed by atoms with Gasteiger partial charge in [0.05, 0.1) is 13.2 Å². The zero-order valence-corrected chi connectivity index (χ0v) is 16.8. The molecule has 5 atom stereocenters. The molecule has 2 heterocycles. The number of carbonyl (C=O) groups excluding carboxylic acids is 1. The van der Waals surface area contributed by atoms with E-state index >= 15 is 0 Å². The first-order valence-electron chi connectivity index (χ1n) is 9.84. The molecule has 2 N–H and O–H groups in total. The molecule has 0 bridgehead atoms. The molecule has 2 aromatic rings. The first-order valence-corrected chi connectivity index (χ1v) is 9.84. The molecular formula is C22H27NO6. The number of carbonyl (C=O) groups is 1. The predicted octanol–water partition coefficient (Wildman–Crippen LogP) is 2.10. The average molecular weight is 401 g/mol. The molecule has 2 fully saturated rings. The largest absolute Gasteiger partial charge is 0.388 e. The van der Waals surface area contributed by atoms with Crippen molar-refractivity contribution >= 4 is 16.7 Å². The maximum atomic E-state index is 11.7. The third-order valence-electron chi connectivity index (χ3n) is 5.29. The Morgan fingerprint density at radius 2 is 2.00 bits per heavy atom. The molecule has 0 aromatic heterocycles. The Bertz CT molecular complexity index is 884. The summed E-state index contributed by atoms with van der Waals surface area (Å²) >= 11 is 0. The van der Waals surface area contributed by atoms with Gasteiger partial charge in [0.25, 0.3) is 0 Å². The van der Waals surface area contributed by atoms with Crippen molar-refractivity contribution in [1.29, 1.82) is 0 Å². The number of nitrogens with one attached hydrogen (secondary N) is 1. The smallest absolute Gasteiger partial charge is 0.217 e. The lowest BCUT2D eigenvalue weighted by atomic mass is 9.95. The maximum Gasteiger partial charge on any atom is 0.217 e. The van der Waals surface area contributed by atoms with Gasteiger partial charge in [-0.25, -0.2) is 0 Å². The van der Waals surface area contributed by atoms with Crippen LogP contribution < -0.4 is 5.32 Å². The molecule has 1 amide bonds.